The van der Waals surface area contributed by atoms with E-state index in [0.717, 1.165) is 18.0 Å². The number of likely N-dealkylation sites (N-methyl/N-ethyl adjacent to an activating group) is 1. The van der Waals surface area contributed by atoms with Crippen molar-refractivity contribution >= 4 is 0 Å². The molecule has 1 saturated carbocycles. The zero-order valence-corrected chi connectivity index (χ0v) is 11.1. The van der Waals surface area contributed by atoms with Gasteiger partial charge in [0.2, 0.25) is 0 Å². The first kappa shape index (κ1) is 11.9. The number of hydrogen-bond acceptors (Lipinski definition) is 3. The summed E-state index contributed by atoms with van der Waals surface area (Å²) in [6.45, 7) is 4.03. The van der Waals surface area contributed by atoms with Gasteiger partial charge < -0.3 is 10.6 Å². The molecule has 0 aromatic rings. The van der Waals surface area contributed by atoms with E-state index in [2.05, 4.69) is 16.8 Å². The monoisotopic (exact) mass is 237 g/mol. The van der Waals surface area contributed by atoms with E-state index in [0.29, 0.717) is 6.04 Å². The first-order chi connectivity index (χ1) is 8.24. The van der Waals surface area contributed by atoms with E-state index >= 15 is 0 Å². The van der Waals surface area contributed by atoms with Gasteiger partial charge in [-0.1, -0.05) is 0 Å². The molecule has 0 amide bonds. The van der Waals surface area contributed by atoms with E-state index in [4.69, 9.17) is 5.73 Å². The summed E-state index contributed by atoms with van der Waals surface area (Å²) in [7, 11) is 2.37. The summed E-state index contributed by atoms with van der Waals surface area (Å²) in [6, 6.07) is 2.11. The Labute approximate surface area is 105 Å². The summed E-state index contributed by atoms with van der Waals surface area (Å²) in [4.78, 5) is 5.37. The molecule has 98 valence electrons. The molecule has 0 aromatic carbocycles. The van der Waals surface area contributed by atoms with Crippen LogP contribution in [0.3, 0.4) is 0 Å². The van der Waals surface area contributed by atoms with E-state index in [9.17, 15) is 0 Å². The Morgan fingerprint density at radius 3 is 2.18 bits per heavy atom. The Bertz CT molecular complexity index is 252. The fourth-order valence-electron chi connectivity index (χ4n) is 4.17. The van der Waals surface area contributed by atoms with E-state index in [1.165, 1.54) is 58.2 Å². The van der Waals surface area contributed by atoms with Gasteiger partial charge in [-0.15, -0.1) is 0 Å². The Morgan fingerprint density at radius 1 is 1.00 bits per heavy atom. The predicted octanol–water partition coefficient (Wildman–Crippen LogP) is 1.28. The molecule has 3 heteroatoms. The second-order valence-corrected chi connectivity index (χ2v) is 6.44. The van der Waals surface area contributed by atoms with Crippen LogP contribution in [0.15, 0.2) is 0 Å². The lowest BCUT2D eigenvalue weighted by atomic mass is 9.81. The van der Waals surface area contributed by atoms with Gasteiger partial charge in [0.1, 0.15) is 0 Å². The van der Waals surface area contributed by atoms with E-state index in [1.807, 2.05) is 0 Å². The van der Waals surface area contributed by atoms with Crippen molar-refractivity contribution in [3.05, 3.63) is 0 Å². The number of hydrogen-bond donors (Lipinski definition) is 1. The standard InChI is InChI=1S/C14H27N3/c1-16(13-4-2-12(15)3-5-13)14-10-17-8-6-11(14)7-9-17/h11-14H,2-10,15H2,1H3. The molecule has 0 radical (unpaired) electrons. The van der Waals surface area contributed by atoms with Gasteiger partial charge in [0.15, 0.2) is 0 Å². The average molecular weight is 237 g/mol. The van der Waals surface area contributed by atoms with Gasteiger partial charge >= 0.3 is 0 Å². The van der Waals surface area contributed by atoms with Gasteiger partial charge in [0, 0.05) is 24.7 Å². The fourth-order valence-corrected chi connectivity index (χ4v) is 4.17. The quantitative estimate of drug-likeness (QED) is 0.785. The van der Waals surface area contributed by atoms with Crippen molar-refractivity contribution in [2.75, 3.05) is 26.7 Å². The summed E-state index contributed by atoms with van der Waals surface area (Å²) in [5.41, 5.74) is 6.01. The molecular weight excluding hydrogens is 210 g/mol. The van der Waals surface area contributed by atoms with Gasteiger partial charge in [0.25, 0.3) is 0 Å². The molecule has 3 heterocycles. The molecule has 4 fully saturated rings. The molecule has 2 N–H and O–H groups in total. The second kappa shape index (κ2) is 4.87. The van der Waals surface area contributed by atoms with E-state index in [1.54, 1.807) is 0 Å². The molecular formula is C14H27N3. The molecule has 3 saturated heterocycles. The molecule has 2 bridgehead atoms. The highest BCUT2D eigenvalue weighted by atomic mass is 15.3. The normalized spacial score (nSPS) is 46.4. The van der Waals surface area contributed by atoms with Crippen LogP contribution >= 0.6 is 0 Å². The maximum atomic E-state index is 6.01. The van der Waals surface area contributed by atoms with Crippen LogP contribution < -0.4 is 5.73 Å². The second-order valence-electron chi connectivity index (χ2n) is 6.44. The molecule has 1 unspecified atom stereocenters. The van der Waals surface area contributed by atoms with Crippen molar-refractivity contribution in [2.24, 2.45) is 11.7 Å². The summed E-state index contributed by atoms with van der Waals surface area (Å²) in [5.74, 6) is 0.973. The lowest BCUT2D eigenvalue weighted by molar-refractivity contribution is -0.00873. The lowest BCUT2D eigenvalue weighted by Crippen LogP contribution is -2.59. The van der Waals surface area contributed by atoms with Gasteiger partial charge in [-0.3, -0.25) is 4.90 Å². The Kier molecular flexibility index (Phi) is 3.42. The highest BCUT2D eigenvalue weighted by molar-refractivity contribution is 4.94. The minimum Gasteiger partial charge on any atom is -0.328 e. The zero-order valence-electron chi connectivity index (χ0n) is 11.1. The third kappa shape index (κ3) is 2.38. The molecule has 4 rings (SSSR count). The lowest BCUT2D eigenvalue weighted by Gasteiger charge is -2.50. The maximum Gasteiger partial charge on any atom is 0.0252 e. The number of nitrogens with zero attached hydrogens (tertiary/aromatic N) is 2. The largest absolute Gasteiger partial charge is 0.328 e. The SMILES string of the molecule is CN(C1CCC(N)CC1)C1CN2CCC1CC2. The number of piperidine rings is 3. The van der Waals surface area contributed by atoms with Crippen LogP contribution in [0.5, 0.6) is 0 Å². The number of rotatable bonds is 2. The van der Waals surface area contributed by atoms with Crippen LogP contribution in [0.25, 0.3) is 0 Å². The molecule has 1 atom stereocenters. The molecule has 0 spiro atoms. The Morgan fingerprint density at radius 2 is 1.65 bits per heavy atom. The van der Waals surface area contributed by atoms with Crippen LogP contribution in [0.1, 0.15) is 38.5 Å². The van der Waals surface area contributed by atoms with Gasteiger partial charge in [-0.2, -0.15) is 0 Å². The van der Waals surface area contributed by atoms with Gasteiger partial charge in [0.05, 0.1) is 0 Å². The molecule has 1 aliphatic carbocycles. The zero-order chi connectivity index (χ0) is 11.8. The van der Waals surface area contributed by atoms with Crippen molar-refractivity contribution in [3.63, 3.8) is 0 Å². The minimum absolute atomic E-state index is 0.478. The highest BCUT2D eigenvalue weighted by Gasteiger charge is 2.38. The van der Waals surface area contributed by atoms with Crippen LogP contribution in [0.4, 0.5) is 0 Å². The summed E-state index contributed by atoms with van der Waals surface area (Å²) in [5, 5.41) is 0. The third-order valence-corrected chi connectivity index (χ3v) is 5.46. The van der Waals surface area contributed by atoms with Crippen molar-refractivity contribution in [3.8, 4) is 0 Å². The van der Waals surface area contributed by atoms with Crippen molar-refractivity contribution in [1.29, 1.82) is 0 Å². The van der Waals surface area contributed by atoms with Crippen LogP contribution in [0, 0.1) is 5.92 Å². The fraction of sp³-hybridized carbons (Fsp3) is 1.00. The van der Waals surface area contributed by atoms with Gasteiger partial charge in [-0.05, 0) is 64.6 Å². The van der Waals surface area contributed by atoms with Crippen molar-refractivity contribution in [2.45, 2.75) is 56.7 Å². The van der Waals surface area contributed by atoms with E-state index in [-0.39, 0.29) is 0 Å². The summed E-state index contributed by atoms with van der Waals surface area (Å²) < 4.78 is 0. The average Bonchev–Trinajstić information content (AvgIpc) is 2.40. The topological polar surface area (TPSA) is 32.5 Å². The van der Waals surface area contributed by atoms with Crippen molar-refractivity contribution < 1.29 is 0 Å². The maximum absolute atomic E-state index is 6.01. The highest BCUT2D eigenvalue weighted by Crippen LogP contribution is 2.33. The van der Waals surface area contributed by atoms with Crippen LogP contribution in [-0.2, 0) is 0 Å². The first-order valence-corrected chi connectivity index (χ1v) is 7.44. The van der Waals surface area contributed by atoms with Gasteiger partial charge in [-0.25, -0.2) is 0 Å². The third-order valence-electron chi connectivity index (χ3n) is 5.46. The smallest absolute Gasteiger partial charge is 0.0252 e. The number of fused-ring (bicyclic) bond motifs is 3. The van der Waals surface area contributed by atoms with Crippen molar-refractivity contribution in [1.82, 2.24) is 9.80 Å². The Balaban J connectivity index is 1.60. The predicted molar refractivity (Wildman–Crippen MR) is 70.9 cm³/mol. The van der Waals surface area contributed by atoms with Crippen LogP contribution in [-0.4, -0.2) is 54.6 Å². The summed E-state index contributed by atoms with van der Waals surface area (Å²) in [6.07, 6.45) is 7.97. The molecule has 3 nitrogen and oxygen atoms in total. The van der Waals surface area contributed by atoms with E-state index < -0.39 is 0 Å². The number of nitrogens with two attached hydrogens (primary N) is 1. The molecule has 0 aromatic heterocycles. The Hall–Kier alpha value is -0.120. The minimum atomic E-state index is 0.478. The summed E-state index contributed by atoms with van der Waals surface area (Å²) >= 11 is 0. The van der Waals surface area contributed by atoms with Crippen LogP contribution in [0.2, 0.25) is 0 Å². The molecule has 17 heavy (non-hydrogen) atoms. The molecule has 4 aliphatic rings. The first-order valence-electron chi connectivity index (χ1n) is 7.44. The molecule has 3 aliphatic heterocycles.